The lowest BCUT2D eigenvalue weighted by molar-refractivity contribution is -0.141. The highest BCUT2D eigenvalue weighted by atomic mass is 16.5. The molecule has 5 nitrogen and oxygen atoms in total. The fourth-order valence-corrected chi connectivity index (χ4v) is 2.79. The molecule has 2 rings (SSSR count). The van der Waals surface area contributed by atoms with Gasteiger partial charge in [-0.15, -0.1) is 0 Å². The summed E-state index contributed by atoms with van der Waals surface area (Å²) >= 11 is 0. The summed E-state index contributed by atoms with van der Waals surface area (Å²) in [4.78, 5) is 28.1. The Balaban J connectivity index is 1.84. The van der Waals surface area contributed by atoms with E-state index in [1.807, 2.05) is 61.8 Å². The molecule has 24 heavy (non-hydrogen) atoms. The number of amides is 2. The van der Waals surface area contributed by atoms with E-state index >= 15 is 0 Å². The molecule has 0 unspecified atom stereocenters. The van der Waals surface area contributed by atoms with Crippen LogP contribution in [-0.2, 0) is 16.0 Å². The highest BCUT2D eigenvalue weighted by molar-refractivity contribution is 5.80. The Morgan fingerprint density at radius 3 is 2.00 bits per heavy atom. The van der Waals surface area contributed by atoms with Gasteiger partial charge < -0.3 is 14.5 Å². The summed E-state index contributed by atoms with van der Waals surface area (Å²) < 4.78 is 5.61. The first-order valence-electron chi connectivity index (χ1n) is 8.69. The van der Waals surface area contributed by atoms with Crippen LogP contribution in [0.3, 0.4) is 0 Å². The van der Waals surface area contributed by atoms with Crippen molar-refractivity contribution in [2.75, 3.05) is 26.2 Å². The molecule has 1 aromatic rings. The first-order valence-corrected chi connectivity index (χ1v) is 8.69. The van der Waals surface area contributed by atoms with Crippen LogP contribution in [0.1, 0.15) is 33.3 Å². The van der Waals surface area contributed by atoms with Gasteiger partial charge >= 0.3 is 0 Å². The molecule has 2 amide bonds. The van der Waals surface area contributed by atoms with E-state index in [1.54, 1.807) is 0 Å². The molecular weight excluding hydrogens is 304 g/mol. The molecule has 0 N–H and O–H groups in total. The molecule has 0 spiro atoms. The number of nitrogens with zero attached hydrogens (tertiary/aromatic N) is 2. The third kappa shape index (κ3) is 4.98. The third-order valence-corrected chi connectivity index (χ3v) is 4.09. The van der Waals surface area contributed by atoms with Crippen molar-refractivity contribution in [3.05, 3.63) is 29.8 Å². The van der Waals surface area contributed by atoms with Gasteiger partial charge in [0.05, 0.1) is 12.5 Å². The maximum absolute atomic E-state index is 12.4. The monoisotopic (exact) mass is 332 g/mol. The van der Waals surface area contributed by atoms with Crippen molar-refractivity contribution in [1.29, 1.82) is 0 Å². The number of carbonyl (C=O) groups is 2. The van der Waals surface area contributed by atoms with Gasteiger partial charge in [0.25, 0.3) is 0 Å². The van der Waals surface area contributed by atoms with E-state index in [4.69, 9.17) is 4.74 Å². The zero-order valence-electron chi connectivity index (χ0n) is 15.1. The van der Waals surface area contributed by atoms with Crippen LogP contribution < -0.4 is 4.74 Å². The van der Waals surface area contributed by atoms with Crippen molar-refractivity contribution in [2.24, 2.45) is 5.92 Å². The Kier molecular flexibility index (Phi) is 6.23. The SMILES string of the molecule is CC(C)Oc1ccc(CC(=O)N2CCN(C(=O)C(C)C)CC2)cc1. The van der Waals surface area contributed by atoms with Gasteiger partial charge in [0.15, 0.2) is 0 Å². The summed E-state index contributed by atoms with van der Waals surface area (Å²) in [6.07, 6.45) is 0.530. The maximum atomic E-state index is 12.4. The lowest BCUT2D eigenvalue weighted by atomic mass is 10.1. The summed E-state index contributed by atoms with van der Waals surface area (Å²) in [5.41, 5.74) is 0.983. The Hall–Kier alpha value is -2.04. The fourth-order valence-electron chi connectivity index (χ4n) is 2.79. The average Bonchev–Trinajstić information content (AvgIpc) is 2.55. The summed E-state index contributed by atoms with van der Waals surface area (Å²) in [6, 6.07) is 7.69. The smallest absolute Gasteiger partial charge is 0.227 e. The average molecular weight is 332 g/mol. The van der Waals surface area contributed by atoms with E-state index < -0.39 is 0 Å². The minimum Gasteiger partial charge on any atom is -0.491 e. The highest BCUT2D eigenvalue weighted by Gasteiger charge is 2.25. The van der Waals surface area contributed by atoms with Crippen molar-refractivity contribution in [2.45, 2.75) is 40.2 Å². The highest BCUT2D eigenvalue weighted by Crippen LogP contribution is 2.15. The number of hydrogen-bond donors (Lipinski definition) is 0. The Morgan fingerprint density at radius 1 is 0.958 bits per heavy atom. The second-order valence-corrected chi connectivity index (χ2v) is 6.85. The first kappa shape index (κ1) is 18.3. The number of carbonyl (C=O) groups excluding carboxylic acids is 2. The summed E-state index contributed by atoms with van der Waals surface area (Å²) in [7, 11) is 0. The Labute approximate surface area is 144 Å². The van der Waals surface area contributed by atoms with Gasteiger partial charge in [0, 0.05) is 32.1 Å². The van der Waals surface area contributed by atoms with Crippen molar-refractivity contribution in [1.82, 2.24) is 9.80 Å². The molecule has 0 saturated carbocycles. The molecule has 0 radical (unpaired) electrons. The van der Waals surface area contributed by atoms with Crippen molar-refractivity contribution >= 4 is 11.8 Å². The summed E-state index contributed by atoms with van der Waals surface area (Å²) in [6.45, 7) is 10.3. The molecule has 0 aliphatic carbocycles. The Morgan fingerprint density at radius 2 is 1.50 bits per heavy atom. The molecule has 1 fully saturated rings. The van der Waals surface area contributed by atoms with Crippen molar-refractivity contribution < 1.29 is 14.3 Å². The van der Waals surface area contributed by atoms with E-state index in [0.717, 1.165) is 11.3 Å². The molecule has 0 aromatic heterocycles. The van der Waals surface area contributed by atoms with Gasteiger partial charge in [-0.05, 0) is 31.5 Å². The third-order valence-electron chi connectivity index (χ3n) is 4.09. The van der Waals surface area contributed by atoms with E-state index in [-0.39, 0.29) is 23.8 Å². The van der Waals surface area contributed by atoms with Gasteiger partial charge in [-0.25, -0.2) is 0 Å². The molecule has 1 heterocycles. The van der Waals surface area contributed by atoms with Crippen LogP contribution >= 0.6 is 0 Å². The summed E-state index contributed by atoms with van der Waals surface area (Å²) in [5.74, 6) is 1.12. The zero-order chi connectivity index (χ0) is 17.7. The van der Waals surface area contributed by atoms with Gasteiger partial charge in [-0.1, -0.05) is 26.0 Å². The van der Waals surface area contributed by atoms with Crippen LogP contribution in [0.25, 0.3) is 0 Å². The molecule has 0 atom stereocenters. The minimum absolute atomic E-state index is 0.0128. The van der Waals surface area contributed by atoms with Gasteiger partial charge in [0.1, 0.15) is 5.75 Å². The number of rotatable bonds is 5. The largest absolute Gasteiger partial charge is 0.491 e. The van der Waals surface area contributed by atoms with Gasteiger partial charge in [0.2, 0.25) is 11.8 Å². The maximum Gasteiger partial charge on any atom is 0.227 e. The van der Waals surface area contributed by atoms with Crippen LogP contribution in [0.15, 0.2) is 24.3 Å². The quantitative estimate of drug-likeness (QED) is 0.831. The topological polar surface area (TPSA) is 49.9 Å². The van der Waals surface area contributed by atoms with Crippen LogP contribution in [0.5, 0.6) is 5.75 Å². The number of piperazine rings is 1. The number of benzene rings is 1. The Bertz CT molecular complexity index is 558. The lowest BCUT2D eigenvalue weighted by Crippen LogP contribution is -2.51. The van der Waals surface area contributed by atoms with Crippen LogP contribution in [0.4, 0.5) is 0 Å². The lowest BCUT2D eigenvalue weighted by Gasteiger charge is -2.35. The molecule has 1 aromatic carbocycles. The van der Waals surface area contributed by atoms with Crippen LogP contribution in [-0.4, -0.2) is 53.9 Å². The van der Waals surface area contributed by atoms with E-state index in [2.05, 4.69) is 0 Å². The zero-order valence-corrected chi connectivity index (χ0v) is 15.1. The van der Waals surface area contributed by atoms with Crippen LogP contribution in [0, 0.1) is 5.92 Å². The van der Waals surface area contributed by atoms with Crippen LogP contribution in [0.2, 0.25) is 0 Å². The van der Waals surface area contributed by atoms with Crippen molar-refractivity contribution in [3.63, 3.8) is 0 Å². The summed E-state index contributed by atoms with van der Waals surface area (Å²) in [5, 5.41) is 0. The van der Waals surface area contributed by atoms with E-state index in [0.29, 0.717) is 32.6 Å². The number of ether oxygens (including phenoxy) is 1. The predicted molar refractivity (Wildman–Crippen MR) is 93.9 cm³/mol. The van der Waals surface area contributed by atoms with Gasteiger partial charge in [-0.2, -0.15) is 0 Å². The first-order chi connectivity index (χ1) is 11.4. The molecule has 1 saturated heterocycles. The second kappa shape index (κ2) is 8.18. The fraction of sp³-hybridized carbons (Fsp3) is 0.579. The van der Waals surface area contributed by atoms with E-state index in [1.165, 1.54) is 0 Å². The molecule has 5 heteroatoms. The van der Waals surface area contributed by atoms with Gasteiger partial charge in [-0.3, -0.25) is 9.59 Å². The molecule has 132 valence electrons. The van der Waals surface area contributed by atoms with Crippen molar-refractivity contribution in [3.8, 4) is 5.75 Å². The standard InChI is InChI=1S/C19H28N2O3/c1-14(2)19(23)21-11-9-20(10-12-21)18(22)13-16-5-7-17(8-6-16)24-15(3)4/h5-8,14-15H,9-13H2,1-4H3. The normalized spacial score (nSPS) is 15.1. The van der Waals surface area contributed by atoms with E-state index in [9.17, 15) is 9.59 Å². The molecule has 0 bridgehead atoms. The second-order valence-electron chi connectivity index (χ2n) is 6.85. The number of hydrogen-bond acceptors (Lipinski definition) is 3. The molecule has 1 aliphatic heterocycles. The predicted octanol–water partition coefficient (Wildman–Crippen LogP) is 2.34. The molecular formula is C19H28N2O3. The minimum atomic E-state index is 0.0128. The molecule has 1 aliphatic rings.